The molecule has 1 fully saturated rings. The number of carbonyl (C=O) groups is 1. The van der Waals surface area contributed by atoms with Gasteiger partial charge in [0.15, 0.2) is 0 Å². The molecule has 1 rings (SSSR count). The summed E-state index contributed by atoms with van der Waals surface area (Å²) in [4.78, 5) is 11.6. The van der Waals surface area contributed by atoms with E-state index in [2.05, 4.69) is 5.32 Å². The van der Waals surface area contributed by atoms with Gasteiger partial charge in [-0.2, -0.15) is 0 Å². The van der Waals surface area contributed by atoms with E-state index in [1.165, 1.54) is 0 Å². The summed E-state index contributed by atoms with van der Waals surface area (Å²) in [7, 11) is 0. The minimum Gasteiger partial charge on any atom is -0.379 e. The molecule has 0 aromatic heterocycles. The van der Waals surface area contributed by atoms with Gasteiger partial charge >= 0.3 is 0 Å². The molecule has 14 heavy (non-hydrogen) atoms. The minimum absolute atomic E-state index is 0.0421. The lowest BCUT2D eigenvalue weighted by molar-refractivity contribution is -0.119. The molecule has 1 atom stereocenters. The first-order valence-corrected chi connectivity index (χ1v) is 5.14. The monoisotopic (exact) mass is 197 g/mol. The van der Waals surface area contributed by atoms with Crippen molar-refractivity contribution in [2.45, 2.75) is 39.7 Å². The summed E-state index contributed by atoms with van der Waals surface area (Å²) in [6.45, 7) is 7.24. The molecule has 0 radical (unpaired) electrons. The molecule has 80 valence electrons. The van der Waals surface area contributed by atoms with Crippen molar-refractivity contribution in [1.82, 2.24) is 5.32 Å². The van der Waals surface area contributed by atoms with E-state index < -0.39 is 0 Å². The molecule has 3 heteroatoms. The first kappa shape index (κ1) is 11.2. The molecule has 1 saturated heterocycles. The molecule has 1 amide bonds. The standard InChI is InChI=1S/C11H19NO2/c1-8(2)9(3)11(13)12-10-5-4-6-14-7-10/h10H,4-7H2,1-3H3,(H,12,13). The van der Waals surface area contributed by atoms with Crippen LogP contribution in [0.15, 0.2) is 11.1 Å². The van der Waals surface area contributed by atoms with Gasteiger partial charge in [0.05, 0.1) is 12.6 Å². The lowest BCUT2D eigenvalue weighted by Gasteiger charge is -2.23. The number of hydrogen-bond acceptors (Lipinski definition) is 2. The minimum atomic E-state index is 0.0421. The topological polar surface area (TPSA) is 38.3 Å². The highest BCUT2D eigenvalue weighted by Crippen LogP contribution is 2.08. The average Bonchev–Trinajstić information content (AvgIpc) is 2.18. The molecule has 0 saturated carbocycles. The van der Waals surface area contributed by atoms with Crippen LogP contribution in [0.2, 0.25) is 0 Å². The summed E-state index contributed by atoms with van der Waals surface area (Å²) in [6, 6.07) is 0.200. The second-order valence-electron chi connectivity index (χ2n) is 4.01. The Kier molecular flexibility index (Phi) is 4.14. The lowest BCUT2D eigenvalue weighted by atomic mass is 10.1. The Hall–Kier alpha value is -0.830. The molecule has 1 N–H and O–H groups in total. The van der Waals surface area contributed by atoms with Crippen LogP contribution in [0.25, 0.3) is 0 Å². The van der Waals surface area contributed by atoms with Crippen molar-refractivity contribution in [3.8, 4) is 0 Å². The van der Waals surface area contributed by atoms with E-state index >= 15 is 0 Å². The number of nitrogens with one attached hydrogen (secondary N) is 1. The van der Waals surface area contributed by atoms with E-state index in [-0.39, 0.29) is 11.9 Å². The maximum absolute atomic E-state index is 11.6. The summed E-state index contributed by atoms with van der Waals surface area (Å²) in [5, 5.41) is 2.98. The van der Waals surface area contributed by atoms with Crippen molar-refractivity contribution in [1.29, 1.82) is 0 Å². The highest BCUT2D eigenvalue weighted by Gasteiger charge is 2.16. The lowest BCUT2D eigenvalue weighted by Crippen LogP contribution is -2.41. The van der Waals surface area contributed by atoms with Crippen LogP contribution in [0.5, 0.6) is 0 Å². The zero-order valence-electron chi connectivity index (χ0n) is 9.22. The first-order valence-electron chi connectivity index (χ1n) is 5.14. The van der Waals surface area contributed by atoms with Gasteiger partial charge in [0.2, 0.25) is 5.91 Å². The Balaban J connectivity index is 2.43. The number of allylic oxidation sites excluding steroid dienone is 1. The van der Waals surface area contributed by atoms with Crippen molar-refractivity contribution in [3.63, 3.8) is 0 Å². The predicted molar refractivity (Wildman–Crippen MR) is 56.0 cm³/mol. The van der Waals surface area contributed by atoms with Crippen LogP contribution < -0.4 is 5.32 Å². The third kappa shape index (κ3) is 3.14. The largest absolute Gasteiger partial charge is 0.379 e. The normalized spacial score (nSPS) is 21.5. The molecule has 1 aliphatic heterocycles. The fourth-order valence-electron chi connectivity index (χ4n) is 1.38. The molecule has 1 unspecified atom stereocenters. The van der Waals surface area contributed by atoms with Crippen molar-refractivity contribution < 1.29 is 9.53 Å². The van der Waals surface area contributed by atoms with Crippen LogP contribution in [-0.2, 0) is 9.53 Å². The molecule has 0 aromatic carbocycles. The third-order valence-corrected chi connectivity index (χ3v) is 2.59. The van der Waals surface area contributed by atoms with E-state index in [9.17, 15) is 4.79 Å². The maximum Gasteiger partial charge on any atom is 0.247 e. The maximum atomic E-state index is 11.6. The second-order valence-corrected chi connectivity index (χ2v) is 4.01. The number of hydrogen-bond donors (Lipinski definition) is 1. The Morgan fingerprint density at radius 3 is 2.57 bits per heavy atom. The summed E-state index contributed by atoms with van der Waals surface area (Å²) < 4.78 is 5.29. The molecular weight excluding hydrogens is 178 g/mol. The van der Waals surface area contributed by atoms with Crippen molar-refractivity contribution in [3.05, 3.63) is 11.1 Å². The van der Waals surface area contributed by atoms with Gasteiger partial charge in [0.25, 0.3) is 0 Å². The predicted octanol–water partition coefficient (Wildman–Crippen LogP) is 1.64. The van der Waals surface area contributed by atoms with Crippen molar-refractivity contribution in [2.75, 3.05) is 13.2 Å². The molecule has 0 bridgehead atoms. The van der Waals surface area contributed by atoms with Gasteiger partial charge in [0, 0.05) is 12.2 Å². The molecule has 1 heterocycles. The zero-order valence-corrected chi connectivity index (χ0v) is 9.22. The number of rotatable bonds is 2. The summed E-state index contributed by atoms with van der Waals surface area (Å²) in [5.74, 6) is 0.0421. The third-order valence-electron chi connectivity index (χ3n) is 2.59. The van der Waals surface area contributed by atoms with Gasteiger partial charge in [-0.25, -0.2) is 0 Å². The first-order chi connectivity index (χ1) is 6.61. The van der Waals surface area contributed by atoms with E-state index in [0.29, 0.717) is 6.61 Å². The van der Waals surface area contributed by atoms with E-state index in [4.69, 9.17) is 4.74 Å². The molecular formula is C11H19NO2. The highest BCUT2D eigenvalue weighted by molar-refractivity contribution is 5.93. The van der Waals surface area contributed by atoms with Gasteiger partial charge in [-0.05, 0) is 33.6 Å². The van der Waals surface area contributed by atoms with Gasteiger partial charge < -0.3 is 10.1 Å². The molecule has 1 aliphatic rings. The van der Waals surface area contributed by atoms with E-state index in [1.54, 1.807) is 0 Å². The molecule has 3 nitrogen and oxygen atoms in total. The Morgan fingerprint density at radius 1 is 1.36 bits per heavy atom. The van der Waals surface area contributed by atoms with Crippen LogP contribution in [0, 0.1) is 0 Å². The number of amides is 1. The quantitative estimate of drug-likeness (QED) is 0.683. The zero-order chi connectivity index (χ0) is 10.6. The van der Waals surface area contributed by atoms with Crippen molar-refractivity contribution >= 4 is 5.91 Å². The average molecular weight is 197 g/mol. The van der Waals surface area contributed by atoms with Crippen LogP contribution in [0.3, 0.4) is 0 Å². The fraction of sp³-hybridized carbons (Fsp3) is 0.727. The van der Waals surface area contributed by atoms with Crippen LogP contribution in [-0.4, -0.2) is 25.2 Å². The molecule has 0 aliphatic carbocycles. The highest BCUT2D eigenvalue weighted by atomic mass is 16.5. The Bertz CT molecular complexity index is 236. The van der Waals surface area contributed by atoms with E-state index in [1.807, 2.05) is 20.8 Å². The van der Waals surface area contributed by atoms with Crippen LogP contribution in [0.1, 0.15) is 33.6 Å². The number of ether oxygens (including phenoxy) is 1. The Labute approximate surface area is 85.5 Å². The van der Waals surface area contributed by atoms with Gasteiger partial charge in [-0.1, -0.05) is 5.57 Å². The van der Waals surface area contributed by atoms with Gasteiger partial charge in [-0.15, -0.1) is 0 Å². The fourth-order valence-corrected chi connectivity index (χ4v) is 1.38. The smallest absolute Gasteiger partial charge is 0.247 e. The van der Waals surface area contributed by atoms with Crippen molar-refractivity contribution in [2.24, 2.45) is 0 Å². The second kappa shape index (κ2) is 5.15. The van der Waals surface area contributed by atoms with Crippen LogP contribution >= 0.6 is 0 Å². The van der Waals surface area contributed by atoms with Gasteiger partial charge in [0.1, 0.15) is 0 Å². The van der Waals surface area contributed by atoms with Gasteiger partial charge in [-0.3, -0.25) is 4.79 Å². The Morgan fingerprint density at radius 2 is 2.07 bits per heavy atom. The molecule has 0 spiro atoms. The summed E-state index contributed by atoms with van der Waals surface area (Å²) >= 11 is 0. The summed E-state index contributed by atoms with van der Waals surface area (Å²) in [5.41, 5.74) is 1.88. The van der Waals surface area contributed by atoms with E-state index in [0.717, 1.165) is 30.6 Å². The number of carbonyl (C=O) groups excluding carboxylic acids is 1. The van der Waals surface area contributed by atoms with Crippen LogP contribution in [0.4, 0.5) is 0 Å². The molecule has 0 aromatic rings. The summed E-state index contributed by atoms with van der Waals surface area (Å²) in [6.07, 6.45) is 2.07. The SMILES string of the molecule is CC(C)=C(C)C(=O)NC1CCCOC1.